The van der Waals surface area contributed by atoms with Gasteiger partial charge in [0.15, 0.2) is 5.76 Å². The quantitative estimate of drug-likeness (QED) is 0.591. The van der Waals surface area contributed by atoms with Gasteiger partial charge in [0.05, 0.1) is 0 Å². The summed E-state index contributed by atoms with van der Waals surface area (Å²) in [5.41, 5.74) is 0.942. The number of benzene rings is 1. The number of hydrogen-bond donors (Lipinski definition) is 1. The van der Waals surface area contributed by atoms with E-state index in [9.17, 15) is 13.2 Å². The fourth-order valence-corrected chi connectivity index (χ4v) is 6.35. The molecule has 1 N–H and O–H groups in total. The molecular weight excluding hydrogens is 462 g/mol. The van der Waals surface area contributed by atoms with Gasteiger partial charge in [0.2, 0.25) is 15.0 Å². The number of amides is 1. The van der Waals surface area contributed by atoms with Crippen molar-refractivity contribution >= 4 is 44.6 Å². The van der Waals surface area contributed by atoms with Crippen LogP contribution in [-0.2, 0) is 10.0 Å². The standard InChI is InChI=1S/C19H20ClN5O4S2/c1-11-16(12(2)29-24-11)31(27,28)25-9-3-4-13(10-25)18-22-23-19(30-18)17(26)21-15-7-5-14(20)6-8-15/h5-8,13H,3-4,9-10H2,1-2H3,(H,21,26)/t13-/m1/s1. The molecule has 1 atom stereocenters. The molecule has 164 valence electrons. The van der Waals surface area contributed by atoms with Crippen LogP contribution in [0.25, 0.3) is 0 Å². The van der Waals surface area contributed by atoms with Gasteiger partial charge in [-0.2, -0.15) is 4.31 Å². The second-order valence-electron chi connectivity index (χ2n) is 7.26. The number of anilines is 1. The van der Waals surface area contributed by atoms with Gasteiger partial charge in [0.25, 0.3) is 5.91 Å². The molecule has 0 unspecified atom stereocenters. The first-order valence-electron chi connectivity index (χ1n) is 9.59. The molecule has 9 nitrogen and oxygen atoms in total. The van der Waals surface area contributed by atoms with Gasteiger partial charge in [-0.05, 0) is 51.0 Å². The highest BCUT2D eigenvalue weighted by Gasteiger charge is 2.36. The van der Waals surface area contributed by atoms with Crippen molar-refractivity contribution in [3.63, 3.8) is 0 Å². The highest BCUT2D eigenvalue weighted by Crippen LogP contribution is 2.33. The minimum absolute atomic E-state index is 0.119. The lowest BCUT2D eigenvalue weighted by Crippen LogP contribution is -2.39. The fraction of sp³-hybridized carbons (Fsp3) is 0.368. The van der Waals surface area contributed by atoms with E-state index in [1.807, 2.05) is 0 Å². The summed E-state index contributed by atoms with van der Waals surface area (Å²) >= 11 is 7.03. The zero-order chi connectivity index (χ0) is 22.2. The number of hydrogen-bond acceptors (Lipinski definition) is 8. The van der Waals surface area contributed by atoms with Crippen LogP contribution in [0.2, 0.25) is 5.02 Å². The van der Waals surface area contributed by atoms with Crippen LogP contribution in [0.1, 0.15) is 45.0 Å². The molecule has 0 aliphatic carbocycles. The first-order valence-corrected chi connectivity index (χ1v) is 12.2. The summed E-state index contributed by atoms with van der Waals surface area (Å²) in [4.78, 5) is 12.6. The summed E-state index contributed by atoms with van der Waals surface area (Å²) < 4.78 is 32.7. The Bertz CT molecular complexity index is 1190. The molecule has 1 fully saturated rings. The molecule has 3 heterocycles. The molecule has 3 aromatic rings. The molecule has 1 aliphatic rings. The average Bonchev–Trinajstić information content (AvgIpc) is 3.37. The highest BCUT2D eigenvalue weighted by molar-refractivity contribution is 7.89. The molecule has 12 heteroatoms. The van der Waals surface area contributed by atoms with Crippen molar-refractivity contribution in [2.75, 3.05) is 18.4 Å². The summed E-state index contributed by atoms with van der Waals surface area (Å²) in [5.74, 6) is -0.239. The van der Waals surface area contributed by atoms with Crippen LogP contribution in [0.5, 0.6) is 0 Å². The van der Waals surface area contributed by atoms with Crippen molar-refractivity contribution in [3.05, 3.63) is 50.8 Å². The second kappa shape index (κ2) is 8.65. The SMILES string of the molecule is Cc1noc(C)c1S(=O)(=O)N1CCC[C@@H](c2nnc(C(=O)Nc3ccc(Cl)cc3)s2)C1. The Balaban J connectivity index is 1.49. The van der Waals surface area contributed by atoms with Gasteiger partial charge in [-0.3, -0.25) is 4.79 Å². The van der Waals surface area contributed by atoms with E-state index >= 15 is 0 Å². The number of aromatic nitrogens is 3. The first kappa shape index (κ1) is 21.9. The van der Waals surface area contributed by atoms with Crippen LogP contribution in [0, 0.1) is 13.8 Å². The summed E-state index contributed by atoms with van der Waals surface area (Å²) in [6, 6.07) is 6.75. The monoisotopic (exact) mass is 481 g/mol. The summed E-state index contributed by atoms with van der Waals surface area (Å²) in [5, 5.41) is 16.1. The Labute approximate surface area is 188 Å². The van der Waals surface area contributed by atoms with E-state index in [4.69, 9.17) is 16.1 Å². The predicted octanol–water partition coefficient (Wildman–Crippen LogP) is 3.62. The number of aryl methyl sites for hydroxylation is 2. The fourth-order valence-electron chi connectivity index (χ4n) is 3.54. The van der Waals surface area contributed by atoms with Crippen molar-refractivity contribution in [2.45, 2.75) is 37.5 Å². The van der Waals surface area contributed by atoms with Gasteiger partial charge < -0.3 is 9.84 Å². The van der Waals surface area contributed by atoms with Gasteiger partial charge in [-0.15, -0.1) is 10.2 Å². The number of halogens is 1. The number of sulfonamides is 1. The lowest BCUT2D eigenvalue weighted by atomic mass is 10.0. The average molecular weight is 482 g/mol. The largest absolute Gasteiger partial charge is 0.360 e. The Morgan fingerprint density at radius 2 is 2.00 bits per heavy atom. The highest BCUT2D eigenvalue weighted by atomic mass is 35.5. The minimum Gasteiger partial charge on any atom is -0.360 e. The van der Waals surface area contributed by atoms with E-state index in [-0.39, 0.29) is 34.0 Å². The van der Waals surface area contributed by atoms with E-state index in [1.54, 1.807) is 38.1 Å². The number of carbonyl (C=O) groups excluding carboxylic acids is 1. The second-order valence-corrected chi connectivity index (χ2v) is 10.6. The van der Waals surface area contributed by atoms with Gasteiger partial charge >= 0.3 is 0 Å². The molecular formula is C19H20ClN5O4S2. The Morgan fingerprint density at radius 1 is 1.26 bits per heavy atom. The zero-order valence-corrected chi connectivity index (χ0v) is 19.2. The number of carbonyl (C=O) groups is 1. The zero-order valence-electron chi connectivity index (χ0n) is 16.8. The molecule has 0 saturated carbocycles. The number of nitrogens with one attached hydrogen (secondary N) is 1. The van der Waals surface area contributed by atoms with E-state index in [0.29, 0.717) is 34.4 Å². The normalized spacial score (nSPS) is 17.6. The van der Waals surface area contributed by atoms with Crippen molar-refractivity contribution < 1.29 is 17.7 Å². The van der Waals surface area contributed by atoms with Crippen LogP contribution in [0.3, 0.4) is 0 Å². The maximum atomic E-state index is 13.1. The smallest absolute Gasteiger partial charge is 0.286 e. The Morgan fingerprint density at radius 3 is 2.68 bits per heavy atom. The molecule has 1 aromatic carbocycles. The molecule has 0 bridgehead atoms. The third kappa shape index (κ3) is 4.49. The van der Waals surface area contributed by atoms with Crippen molar-refractivity contribution in [1.29, 1.82) is 0 Å². The molecule has 0 radical (unpaired) electrons. The van der Waals surface area contributed by atoms with Crippen LogP contribution in [0.15, 0.2) is 33.7 Å². The third-order valence-electron chi connectivity index (χ3n) is 5.04. The van der Waals surface area contributed by atoms with Crippen LogP contribution < -0.4 is 5.32 Å². The van der Waals surface area contributed by atoms with Crippen LogP contribution >= 0.6 is 22.9 Å². The molecule has 1 aliphatic heterocycles. The van der Waals surface area contributed by atoms with Gasteiger partial charge in [-0.25, -0.2) is 8.42 Å². The van der Waals surface area contributed by atoms with Gasteiger partial charge in [0.1, 0.15) is 15.6 Å². The Hall–Kier alpha value is -2.34. The molecule has 1 saturated heterocycles. The van der Waals surface area contributed by atoms with Gasteiger partial charge in [-0.1, -0.05) is 28.1 Å². The first-order chi connectivity index (χ1) is 14.8. The maximum Gasteiger partial charge on any atom is 0.286 e. The number of rotatable bonds is 5. The van der Waals surface area contributed by atoms with Crippen LogP contribution in [0.4, 0.5) is 5.69 Å². The summed E-state index contributed by atoms with van der Waals surface area (Å²) in [6.07, 6.45) is 1.44. The predicted molar refractivity (Wildman–Crippen MR) is 116 cm³/mol. The van der Waals surface area contributed by atoms with Crippen molar-refractivity contribution in [2.24, 2.45) is 0 Å². The summed E-state index contributed by atoms with van der Waals surface area (Å²) in [6.45, 7) is 3.87. The van der Waals surface area contributed by atoms with Crippen molar-refractivity contribution in [1.82, 2.24) is 19.7 Å². The molecule has 2 aromatic heterocycles. The van der Waals surface area contributed by atoms with Crippen molar-refractivity contribution in [3.8, 4) is 0 Å². The molecule has 31 heavy (non-hydrogen) atoms. The molecule has 4 rings (SSSR count). The van der Waals surface area contributed by atoms with E-state index < -0.39 is 10.0 Å². The van der Waals surface area contributed by atoms with E-state index in [0.717, 1.165) is 6.42 Å². The number of nitrogens with zero attached hydrogens (tertiary/aromatic N) is 4. The molecule has 1 amide bonds. The van der Waals surface area contributed by atoms with Gasteiger partial charge in [0, 0.05) is 29.7 Å². The summed E-state index contributed by atoms with van der Waals surface area (Å²) in [7, 11) is -3.73. The van der Waals surface area contributed by atoms with E-state index in [2.05, 4.69) is 20.7 Å². The Kier molecular flexibility index (Phi) is 6.11. The lowest BCUT2D eigenvalue weighted by molar-refractivity contribution is 0.102. The lowest BCUT2D eigenvalue weighted by Gasteiger charge is -2.30. The van der Waals surface area contributed by atoms with E-state index in [1.165, 1.54) is 15.6 Å². The topological polar surface area (TPSA) is 118 Å². The molecule has 0 spiro atoms. The third-order valence-corrected chi connectivity index (χ3v) is 8.48. The minimum atomic E-state index is -3.73. The maximum absolute atomic E-state index is 13.1. The number of piperidine rings is 1. The van der Waals surface area contributed by atoms with Crippen LogP contribution in [-0.4, -0.2) is 47.1 Å².